The van der Waals surface area contributed by atoms with Crippen molar-refractivity contribution in [3.63, 3.8) is 0 Å². The van der Waals surface area contributed by atoms with Gasteiger partial charge < -0.3 is 20.8 Å². The highest BCUT2D eigenvalue weighted by Gasteiger charge is 2.59. The SMILES string of the molecule is C=CCNc1nc2c(s1)CC1C(C)(CO)C(O)CCC1(C)C2CC(=O)NC(C)c1ccccc1. The molecule has 7 heteroatoms. The number of anilines is 1. The van der Waals surface area contributed by atoms with Gasteiger partial charge in [0.05, 0.1) is 24.4 Å². The molecule has 2 aliphatic carbocycles. The normalized spacial score (nSPS) is 31.1. The standard InChI is InChI=1S/C27H37N3O3S/c1-5-13-28-25-30-24-19(14-23(33)29-17(2)18-9-7-6-8-10-18)26(3)12-11-22(32)27(4,16-31)21(26)15-20(24)34-25/h5-10,17,19,21-22,31-32H,1,11-16H2,2-4H3,(H,28,30)(H,29,33). The lowest BCUT2D eigenvalue weighted by Gasteiger charge is -2.58. The van der Waals surface area contributed by atoms with Gasteiger partial charge in [-0.25, -0.2) is 4.98 Å². The molecule has 0 spiro atoms. The van der Waals surface area contributed by atoms with E-state index < -0.39 is 11.5 Å². The van der Waals surface area contributed by atoms with E-state index in [1.165, 1.54) is 0 Å². The maximum Gasteiger partial charge on any atom is 0.221 e. The Balaban J connectivity index is 1.66. The summed E-state index contributed by atoms with van der Waals surface area (Å²) < 4.78 is 0. The Morgan fingerprint density at radius 1 is 1.35 bits per heavy atom. The summed E-state index contributed by atoms with van der Waals surface area (Å²) in [6, 6.07) is 9.89. The fourth-order valence-corrected chi connectivity index (χ4v) is 7.27. The van der Waals surface area contributed by atoms with Crippen molar-refractivity contribution in [1.29, 1.82) is 0 Å². The van der Waals surface area contributed by atoms with Gasteiger partial charge in [0, 0.05) is 29.2 Å². The lowest BCUT2D eigenvalue weighted by atomic mass is 9.47. The van der Waals surface area contributed by atoms with Gasteiger partial charge in [0.2, 0.25) is 5.91 Å². The molecule has 184 valence electrons. The van der Waals surface area contributed by atoms with Gasteiger partial charge in [-0.15, -0.1) is 17.9 Å². The van der Waals surface area contributed by atoms with Crippen molar-refractivity contribution in [2.75, 3.05) is 18.5 Å². The Morgan fingerprint density at radius 3 is 2.76 bits per heavy atom. The number of nitrogens with zero attached hydrogens (tertiary/aromatic N) is 1. The Hall–Kier alpha value is -2.22. The van der Waals surface area contributed by atoms with Crippen LogP contribution in [0.5, 0.6) is 0 Å². The number of nitrogens with one attached hydrogen (secondary N) is 2. The maximum atomic E-state index is 13.3. The van der Waals surface area contributed by atoms with Crippen molar-refractivity contribution in [3.05, 3.63) is 59.1 Å². The molecule has 2 aliphatic rings. The molecule has 1 fully saturated rings. The van der Waals surface area contributed by atoms with Crippen LogP contribution < -0.4 is 10.6 Å². The van der Waals surface area contributed by atoms with Crippen LogP contribution in [0.25, 0.3) is 0 Å². The molecule has 1 heterocycles. The number of amides is 1. The monoisotopic (exact) mass is 483 g/mol. The van der Waals surface area contributed by atoms with Crippen LogP contribution in [0.4, 0.5) is 5.13 Å². The molecule has 0 aliphatic heterocycles. The van der Waals surface area contributed by atoms with E-state index in [0.717, 1.165) is 34.1 Å². The highest BCUT2D eigenvalue weighted by Crippen LogP contribution is 2.62. The second-order valence-electron chi connectivity index (χ2n) is 10.4. The number of rotatable bonds is 8. The van der Waals surface area contributed by atoms with E-state index in [0.29, 0.717) is 19.4 Å². The van der Waals surface area contributed by atoms with E-state index in [2.05, 4.69) is 24.1 Å². The molecule has 1 amide bonds. The fourth-order valence-electron chi connectivity index (χ4n) is 6.19. The molecule has 1 aromatic carbocycles. The number of hydrogen-bond acceptors (Lipinski definition) is 6. The number of carbonyl (C=O) groups is 1. The van der Waals surface area contributed by atoms with Crippen molar-refractivity contribution >= 4 is 22.4 Å². The number of benzene rings is 1. The van der Waals surface area contributed by atoms with E-state index in [9.17, 15) is 15.0 Å². The molecule has 4 N–H and O–H groups in total. The molecule has 1 aromatic heterocycles. The summed E-state index contributed by atoms with van der Waals surface area (Å²) in [5, 5.41) is 28.6. The average molecular weight is 484 g/mol. The number of aliphatic hydroxyl groups excluding tert-OH is 2. The van der Waals surface area contributed by atoms with Crippen LogP contribution in [-0.2, 0) is 11.2 Å². The first kappa shape index (κ1) is 24.9. The zero-order chi connectivity index (χ0) is 24.5. The topological polar surface area (TPSA) is 94.5 Å². The predicted molar refractivity (Wildman–Crippen MR) is 137 cm³/mol. The van der Waals surface area contributed by atoms with Crippen molar-refractivity contribution in [1.82, 2.24) is 10.3 Å². The molecular weight excluding hydrogens is 446 g/mol. The van der Waals surface area contributed by atoms with Crippen LogP contribution >= 0.6 is 11.3 Å². The summed E-state index contributed by atoms with van der Waals surface area (Å²) >= 11 is 1.62. The minimum absolute atomic E-state index is 0.000368. The Bertz CT molecular complexity index is 1030. The molecule has 4 rings (SSSR count). The lowest BCUT2D eigenvalue weighted by Crippen LogP contribution is -2.57. The van der Waals surface area contributed by atoms with E-state index in [1.807, 2.05) is 44.2 Å². The molecule has 6 atom stereocenters. The second kappa shape index (κ2) is 9.80. The van der Waals surface area contributed by atoms with Crippen LogP contribution in [0.3, 0.4) is 0 Å². The van der Waals surface area contributed by atoms with Crippen LogP contribution in [-0.4, -0.2) is 40.4 Å². The third kappa shape index (κ3) is 4.41. The molecule has 0 bridgehead atoms. The summed E-state index contributed by atoms with van der Waals surface area (Å²) in [6.07, 6.45) is 3.74. The van der Waals surface area contributed by atoms with Gasteiger partial charge in [-0.3, -0.25) is 4.79 Å². The third-order valence-electron chi connectivity index (χ3n) is 8.36. The highest BCUT2D eigenvalue weighted by molar-refractivity contribution is 7.15. The molecule has 6 unspecified atom stereocenters. The van der Waals surface area contributed by atoms with Crippen LogP contribution in [0.2, 0.25) is 0 Å². The van der Waals surface area contributed by atoms with Gasteiger partial charge in [-0.05, 0) is 43.1 Å². The van der Waals surface area contributed by atoms with E-state index in [4.69, 9.17) is 4.98 Å². The zero-order valence-electron chi connectivity index (χ0n) is 20.4. The maximum absolute atomic E-state index is 13.3. The summed E-state index contributed by atoms with van der Waals surface area (Å²) in [7, 11) is 0. The lowest BCUT2D eigenvalue weighted by molar-refractivity contribution is -0.144. The first-order valence-corrected chi connectivity index (χ1v) is 13.0. The number of aromatic nitrogens is 1. The molecular formula is C27H37N3O3S. The Labute approximate surface area is 206 Å². The van der Waals surface area contributed by atoms with Gasteiger partial charge in [0.15, 0.2) is 5.13 Å². The van der Waals surface area contributed by atoms with Gasteiger partial charge in [-0.2, -0.15) is 0 Å². The van der Waals surface area contributed by atoms with E-state index >= 15 is 0 Å². The van der Waals surface area contributed by atoms with Crippen molar-refractivity contribution in [3.8, 4) is 0 Å². The molecule has 6 nitrogen and oxygen atoms in total. The summed E-state index contributed by atoms with van der Waals surface area (Å²) in [5.74, 6) is -0.0315. The summed E-state index contributed by atoms with van der Waals surface area (Å²) in [6.45, 7) is 10.6. The number of carbonyl (C=O) groups excluding carboxylic acids is 1. The minimum Gasteiger partial charge on any atom is -0.396 e. The Morgan fingerprint density at radius 2 is 2.09 bits per heavy atom. The van der Waals surface area contributed by atoms with Crippen LogP contribution in [0.1, 0.15) is 68.1 Å². The van der Waals surface area contributed by atoms with E-state index in [1.54, 1.807) is 17.4 Å². The number of aliphatic hydroxyl groups is 2. The molecule has 0 radical (unpaired) electrons. The third-order valence-corrected chi connectivity index (χ3v) is 9.41. The van der Waals surface area contributed by atoms with E-state index in [-0.39, 0.29) is 35.8 Å². The minimum atomic E-state index is -0.616. The molecule has 2 aromatic rings. The molecule has 0 saturated heterocycles. The van der Waals surface area contributed by atoms with Gasteiger partial charge in [0.1, 0.15) is 0 Å². The van der Waals surface area contributed by atoms with Gasteiger partial charge in [0.25, 0.3) is 0 Å². The quantitative estimate of drug-likeness (QED) is 0.417. The van der Waals surface area contributed by atoms with Gasteiger partial charge in [-0.1, -0.05) is 50.3 Å². The largest absolute Gasteiger partial charge is 0.396 e. The van der Waals surface area contributed by atoms with Crippen molar-refractivity contribution in [2.45, 2.75) is 64.5 Å². The van der Waals surface area contributed by atoms with Crippen LogP contribution in [0.15, 0.2) is 43.0 Å². The second-order valence-corrected chi connectivity index (χ2v) is 11.5. The molecule has 34 heavy (non-hydrogen) atoms. The molecule has 1 saturated carbocycles. The van der Waals surface area contributed by atoms with Gasteiger partial charge >= 0.3 is 0 Å². The summed E-state index contributed by atoms with van der Waals surface area (Å²) in [5.41, 5.74) is 1.20. The number of fused-ring (bicyclic) bond motifs is 2. The zero-order valence-corrected chi connectivity index (χ0v) is 21.2. The van der Waals surface area contributed by atoms with Crippen molar-refractivity contribution in [2.24, 2.45) is 16.7 Å². The average Bonchev–Trinajstić information content (AvgIpc) is 3.24. The first-order valence-electron chi connectivity index (χ1n) is 12.2. The predicted octanol–water partition coefficient (Wildman–Crippen LogP) is 4.42. The first-order chi connectivity index (χ1) is 16.2. The number of hydrogen-bond donors (Lipinski definition) is 4. The van der Waals surface area contributed by atoms with Crippen LogP contribution in [0, 0.1) is 16.7 Å². The Kier molecular flexibility index (Phi) is 7.17. The smallest absolute Gasteiger partial charge is 0.221 e. The highest BCUT2D eigenvalue weighted by atomic mass is 32.1. The fraction of sp³-hybridized carbons (Fsp3) is 0.556. The van der Waals surface area contributed by atoms with Crippen molar-refractivity contribution < 1.29 is 15.0 Å². The summed E-state index contributed by atoms with van der Waals surface area (Å²) in [4.78, 5) is 19.4. The number of thiazole rings is 1.